The second-order valence-electron chi connectivity index (χ2n) is 10.9. The molecule has 1 saturated heterocycles. The fourth-order valence-corrected chi connectivity index (χ4v) is 5.89. The molecule has 5 heterocycles. The van der Waals surface area contributed by atoms with Crippen LogP contribution >= 0.6 is 15.9 Å². The number of nitrogens with one attached hydrogen (secondary N) is 1. The monoisotopic (exact) mass is 632 g/mol. The highest BCUT2D eigenvalue weighted by molar-refractivity contribution is 9.10. The molecule has 4 aromatic heterocycles. The van der Waals surface area contributed by atoms with Crippen molar-refractivity contribution in [3.8, 4) is 11.3 Å². The number of halogens is 2. The van der Waals surface area contributed by atoms with Crippen LogP contribution in [0.15, 0.2) is 47.5 Å². The van der Waals surface area contributed by atoms with Crippen LogP contribution in [-0.4, -0.2) is 64.3 Å². The van der Waals surface area contributed by atoms with Gasteiger partial charge in [-0.15, -0.1) is 0 Å². The summed E-state index contributed by atoms with van der Waals surface area (Å²) in [6.45, 7) is 6.63. The first-order valence-electron chi connectivity index (χ1n) is 13.3. The number of aryl methyl sites for hydroxylation is 2. The Hall–Kier alpha value is -4.39. The summed E-state index contributed by atoms with van der Waals surface area (Å²) < 4.78 is 15.3. The number of amides is 2. The number of hydrogen-bond acceptors (Lipinski definition) is 8. The fraction of sp³-hybridized carbons (Fsp3) is 0.310. The third-order valence-corrected chi connectivity index (χ3v) is 8.45. The lowest BCUT2D eigenvalue weighted by Crippen LogP contribution is -2.50. The van der Waals surface area contributed by atoms with Crippen LogP contribution in [0.4, 0.5) is 10.2 Å². The van der Waals surface area contributed by atoms with E-state index in [1.807, 2.05) is 19.1 Å². The van der Waals surface area contributed by atoms with E-state index in [0.717, 1.165) is 0 Å². The van der Waals surface area contributed by atoms with Gasteiger partial charge in [0.15, 0.2) is 11.6 Å². The van der Waals surface area contributed by atoms with Gasteiger partial charge in [-0.05, 0) is 53.9 Å². The maximum atomic E-state index is 13.9. The fourth-order valence-electron chi connectivity index (χ4n) is 5.60. The Kier molecular flexibility index (Phi) is 6.71. The molecule has 214 valence electrons. The van der Waals surface area contributed by atoms with Crippen LogP contribution in [0, 0.1) is 25.1 Å². The topological polar surface area (TPSA) is 136 Å². The molecule has 4 aromatic rings. The molecule has 1 aliphatic carbocycles. The zero-order valence-electron chi connectivity index (χ0n) is 23.2. The van der Waals surface area contributed by atoms with Gasteiger partial charge in [-0.3, -0.25) is 24.0 Å². The summed E-state index contributed by atoms with van der Waals surface area (Å²) in [7, 11) is 0. The van der Waals surface area contributed by atoms with Gasteiger partial charge in [0.2, 0.25) is 11.8 Å². The van der Waals surface area contributed by atoms with E-state index in [2.05, 4.69) is 46.3 Å². The van der Waals surface area contributed by atoms with Crippen LogP contribution < -0.4 is 5.32 Å². The molecule has 2 amide bonds. The van der Waals surface area contributed by atoms with Crippen LogP contribution in [0.5, 0.6) is 0 Å². The number of likely N-dealkylation sites (tertiary alicyclic amines) is 1. The zero-order valence-corrected chi connectivity index (χ0v) is 24.8. The lowest BCUT2D eigenvalue weighted by molar-refractivity contribution is -0.139. The van der Waals surface area contributed by atoms with E-state index in [1.165, 1.54) is 17.7 Å². The van der Waals surface area contributed by atoms with Crippen LogP contribution in [0.2, 0.25) is 0 Å². The molecule has 6 rings (SSSR count). The van der Waals surface area contributed by atoms with E-state index in [4.69, 9.17) is 0 Å². The van der Waals surface area contributed by atoms with Crippen molar-refractivity contribution in [2.24, 2.45) is 5.41 Å². The molecule has 11 nitrogen and oxygen atoms in total. The number of carbonyl (C=O) groups is 3. The van der Waals surface area contributed by atoms with E-state index in [-0.39, 0.29) is 45.8 Å². The van der Waals surface area contributed by atoms with Crippen LogP contribution in [0.25, 0.3) is 22.2 Å². The van der Waals surface area contributed by atoms with E-state index < -0.39 is 17.8 Å². The summed E-state index contributed by atoms with van der Waals surface area (Å²) in [6.07, 6.45) is 9.20. The number of hydrogen-bond donors (Lipinski definition) is 1. The number of rotatable bonds is 6. The minimum Gasteiger partial charge on any atom is -0.322 e. The van der Waals surface area contributed by atoms with Gasteiger partial charge in [-0.1, -0.05) is 19.1 Å². The summed E-state index contributed by atoms with van der Waals surface area (Å²) in [4.78, 5) is 58.6. The molecule has 0 aromatic carbocycles. The standard InChI is InChI=1S/C29H26BrFN8O3/c1-14-7-19(31)26(30)35-27(14)36-28(42)21-9-29(4)6-5-23(29)39(21)24(41)13-38-22-12-34-20(17-10-32-16(3)33-11-17)8-18(22)25(37-38)15(2)40/h5-8,10-12,21,23H,9,13H2,1-4H3,(H,35,36,42)/t21-,23+,29+/m0/s1. The highest BCUT2D eigenvalue weighted by atomic mass is 79.9. The first kappa shape index (κ1) is 27.8. The molecule has 0 bridgehead atoms. The molecule has 42 heavy (non-hydrogen) atoms. The average molecular weight is 633 g/mol. The van der Waals surface area contributed by atoms with E-state index >= 15 is 0 Å². The molecule has 0 saturated carbocycles. The first-order valence-corrected chi connectivity index (χ1v) is 14.0. The highest BCUT2D eigenvalue weighted by Crippen LogP contribution is 2.49. The third kappa shape index (κ3) is 4.67. The summed E-state index contributed by atoms with van der Waals surface area (Å²) in [5.74, 6) is -0.722. The molecular formula is C29H26BrFN8O3. The van der Waals surface area contributed by atoms with Crippen molar-refractivity contribution in [1.82, 2.24) is 34.6 Å². The summed E-state index contributed by atoms with van der Waals surface area (Å²) >= 11 is 3.06. The molecular weight excluding hydrogens is 607 g/mol. The maximum Gasteiger partial charge on any atom is 0.248 e. The van der Waals surface area contributed by atoms with Crippen molar-refractivity contribution in [3.05, 3.63) is 70.4 Å². The number of Topliss-reactive ketones (excluding diaryl/α,β-unsaturated/α-hetero) is 1. The second-order valence-corrected chi connectivity index (χ2v) is 11.7. The summed E-state index contributed by atoms with van der Waals surface area (Å²) in [5.41, 5.74) is 2.05. The number of anilines is 1. The van der Waals surface area contributed by atoms with Crippen molar-refractivity contribution < 1.29 is 18.8 Å². The smallest absolute Gasteiger partial charge is 0.248 e. The Morgan fingerprint density at radius 2 is 1.88 bits per heavy atom. The van der Waals surface area contributed by atoms with E-state index in [0.29, 0.717) is 40.0 Å². The van der Waals surface area contributed by atoms with Crippen LogP contribution in [0.1, 0.15) is 42.1 Å². The first-order chi connectivity index (χ1) is 19.9. The van der Waals surface area contributed by atoms with Gasteiger partial charge in [0.05, 0.1) is 23.4 Å². The number of pyridine rings is 2. The minimum atomic E-state index is -0.798. The van der Waals surface area contributed by atoms with Gasteiger partial charge in [0.25, 0.3) is 0 Å². The molecule has 13 heteroatoms. The van der Waals surface area contributed by atoms with Crippen LogP contribution in [-0.2, 0) is 16.1 Å². The second kappa shape index (κ2) is 10.2. The number of ketones is 1. The van der Waals surface area contributed by atoms with Crippen molar-refractivity contribution in [3.63, 3.8) is 0 Å². The zero-order chi connectivity index (χ0) is 29.9. The lowest BCUT2D eigenvalue weighted by Gasteiger charge is -2.38. The number of aromatic nitrogens is 6. The van der Waals surface area contributed by atoms with Gasteiger partial charge in [0.1, 0.15) is 34.5 Å². The SMILES string of the molecule is CC(=O)c1nn(CC(=O)N2[C@H](C(=O)Nc3nc(Br)c(F)cc3C)C[C@@]3(C)C=C[C@@H]23)c2cnc(-c3cnc(C)nc3)cc12. The summed E-state index contributed by atoms with van der Waals surface area (Å²) in [5, 5.41) is 7.80. The Balaban J connectivity index is 1.31. The van der Waals surface area contributed by atoms with Gasteiger partial charge in [-0.2, -0.15) is 5.10 Å². The van der Waals surface area contributed by atoms with E-state index in [9.17, 15) is 18.8 Å². The quantitative estimate of drug-likeness (QED) is 0.190. The number of nitrogens with zero attached hydrogens (tertiary/aromatic N) is 7. The molecule has 2 aliphatic rings. The maximum absolute atomic E-state index is 13.9. The molecule has 0 unspecified atom stereocenters. The van der Waals surface area contributed by atoms with Gasteiger partial charge >= 0.3 is 0 Å². The van der Waals surface area contributed by atoms with Crippen molar-refractivity contribution >= 4 is 50.2 Å². The normalized spacial score (nSPS) is 20.9. The van der Waals surface area contributed by atoms with E-state index in [1.54, 1.807) is 43.4 Å². The molecule has 0 spiro atoms. The predicted octanol–water partition coefficient (Wildman–Crippen LogP) is 4.19. The van der Waals surface area contributed by atoms with Crippen LogP contribution in [0.3, 0.4) is 0 Å². The summed E-state index contributed by atoms with van der Waals surface area (Å²) in [6, 6.07) is 1.93. The Bertz CT molecular complexity index is 1820. The Labute approximate surface area is 248 Å². The van der Waals surface area contributed by atoms with Crippen molar-refractivity contribution in [2.45, 2.75) is 52.7 Å². The molecule has 1 N–H and O–H groups in total. The number of carbonyl (C=O) groups excluding carboxylic acids is 3. The molecule has 1 fully saturated rings. The van der Waals surface area contributed by atoms with Crippen molar-refractivity contribution in [1.29, 1.82) is 0 Å². The van der Waals surface area contributed by atoms with Gasteiger partial charge in [0, 0.05) is 35.7 Å². The van der Waals surface area contributed by atoms with Gasteiger partial charge < -0.3 is 10.2 Å². The lowest BCUT2D eigenvalue weighted by atomic mass is 9.73. The molecule has 3 atom stereocenters. The number of fused-ring (bicyclic) bond motifs is 2. The molecule has 0 radical (unpaired) electrons. The van der Waals surface area contributed by atoms with Crippen molar-refractivity contribution in [2.75, 3.05) is 5.32 Å². The van der Waals surface area contributed by atoms with Gasteiger partial charge in [-0.25, -0.2) is 19.3 Å². The molecule has 1 aliphatic heterocycles. The Morgan fingerprint density at radius 1 is 1.14 bits per heavy atom. The third-order valence-electron chi connectivity index (χ3n) is 7.89. The minimum absolute atomic E-state index is 0.0186. The largest absolute Gasteiger partial charge is 0.322 e. The average Bonchev–Trinajstić information content (AvgIpc) is 3.40. The Morgan fingerprint density at radius 3 is 2.55 bits per heavy atom. The predicted molar refractivity (Wildman–Crippen MR) is 155 cm³/mol. The highest BCUT2D eigenvalue weighted by Gasteiger charge is 2.55.